The lowest BCUT2D eigenvalue weighted by molar-refractivity contribution is -0.142. The smallest absolute Gasteiger partial charge is 0.306 e. The van der Waals surface area contributed by atoms with Gasteiger partial charge in [0.25, 0.3) is 0 Å². The van der Waals surface area contributed by atoms with E-state index in [-0.39, 0.29) is 5.97 Å². The molecule has 0 aliphatic heterocycles. The highest BCUT2D eigenvalue weighted by Crippen LogP contribution is 2.08. The van der Waals surface area contributed by atoms with Gasteiger partial charge in [-0.05, 0) is 25.5 Å². The van der Waals surface area contributed by atoms with Gasteiger partial charge in [0.2, 0.25) is 0 Å². The lowest BCUT2D eigenvalue weighted by atomic mass is 10.3. The molecule has 3 heteroatoms. The first kappa shape index (κ1) is 13.3. The molecule has 0 fully saturated rings. The molecular formula is C14H18O3. The second-order valence-electron chi connectivity index (χ2n) is 3.52. The Hall–Kier alpha value is -1.77. The Morgan fingerprint density at radius 2 is 2.06 bits per heavy atom. The summed E-state index contributed by atoms with van der Waals surface area (Å²) in [7, 11) is 0. The Labute approximate surface area is 102 Å². The van der Waals surface area contributed by atoms with Crippen molar-refractivity contribution < 1.29 is 14.3 Å². The Balaban J connectivity index is 2.06. The van der Waals surface area contributed by atoms with Gasteiger partial charge in [0.15, 0.2) is 0 Å². The second kappa shape index (κ2) is 8.39. The predicted octanol–water partition coefficient (Wildman–Crippen LogP) is 2.96. The van der Waals surface area contributed by atoms with E-state index in [1.54, 1.807) is 6.08 Å². The summed E-state index contributed by atoms with van der Waals surface area (Å²) in [6.07, 6.45) is 4.72. The van der Waals surface area contributed by atoms with E-state index in [4.69, 9.17) is 9.47 Å². The molecule has 0 heterocycles. The summed E-state index contributed by atoms with van der Waals surface area (Å²) in [6.45, 7) is 2.78. The van der Waals surface area contributed by atoms with Crippen LogP contribution in [0.4, 0.5) is 0 Å². The fourth-order valence-corrected chi connectivity index (χ4v) is 1.23. The summed E-state index contributed by atoms with van der Waals surface area (Å²) >= 11 is 0. The summed E-state index contributed by atoms with van der Waals surface area (Å²) in [5.41, 5.74) is 0. The second-order valence-corrected chi connectivity index (χ2v) is 3.52. The molecule has 0 aromatic heterocycles. The minimum atomic E-state index is -0.181. The average molecular weight is 234 g/mol. The maximum Gasteiger partial charge on any atom is 0.306 e. The summed E-state index contributed by atoms with van der Waals surface area (Å²) in [5.74, 6) is 0.648. The van der Waals surface area contributed by atoms with Crippen LogP contribution in [0.25, 0.3) is 0 Å². The zero-order valence-corrected chi connectivity index (χ0v) is 10.1. The van der Waals surface area contributed by atoms with Crippen LogP contribution in [0, 0.1) is 0 Å². The highest BCUT2D eigenvalue weighted by atomic mass is 16.5. The summed E-state index contributed by atoms with van der Waals surface area (Å²) in [6, 6.07) is 9.56. The van der Waals surface area contributed by atoms with Gasteiger partial charge in [0.05, 0.1) is 6.61 Å². The Bertz CT molecular complexity index is 344. The Morgan fingerprint density at radius 3 is 2.76 bits per heavy atom. The van der Waals surface area contributed by atoms with Crippen molar-refractivity contribution in [2.75, 3.05) is 13.2 Å². The van der Waals surface area contributed by atoms with E-state index in [9.17, 15) is 4.79 Å². The van der Waals surface area contributed by atoms with Crippen LogP contribution in [0.15, 0.2) is 42.5 Å². The van der Waals surface area contributed by atoms with Gasteiger partial charge < -0.3 is 9.47 Å². The van der Waals surface area contributed by atoms with Crippen molar-refractivity contribution in [3.8, 4) is 5.75 Å². The van der Waals surface area contributed by atoms with Crippen molar-refractivity contribution >= 4 is 5.97 Å². The molecule has 0 radical (unpaired) electrons. The molecule has 0 aliphatic rings. The van der Waals surface area contributed by atoms with Gasteiger partial charge in [-0.1, -0.05) is 30.4 Å². The van der Waals surface area contributed by atoms with Crippen LogP contribution < -0.4 is 4.74 Å². The van der Waals surface area contributed by atoms with Crippen LogP contribution in [-0.4, -0.2) is 19.2 Å². The van der Waals surface area contributed by atoms with Crippen molar-refractivity contribution in [1.82, 2.24) is 0 Å². The molecule has 0 amide bonds. The number of esters is 1. The number of rotatable bonds is 7. The molecule has 92 valence electrons. The van der Waals surface area contributed by atoms with Crippen LogP contribution in [0.3, 0.4) is 0 Å². The van der Waals surface area contributed by atoms with Crippen molar-refractivity contribution in [3.05, 3.63) is 42.5 Å². The number of carbonyl (C=O) groups is 1. The highest BCUT2D eigenvalue weighted by Gasteiger charge is 2.01. The highest BCUT2D eigenvalue weighted by molar-refractivity contribution is 5.69. The lowest BCUT2D eigenvalue weighted by Crippen LogP contribution is -2.07. The van der Waals surface area contributed by atoms with Crippen molar-refractivity contribution in [2.45, 2.75) is 19.8 Å². The molecule has 17 heavy (non-hydrogen) atoms. The van der Waals surface area contributed by atoms with Gasteiger partial charge in [-0.25, -0.2) is 0 Å². The van der Waals surface area contributed by atoms with Crippen LogP contribution in [0.5, 0.6) is 5.75 Å². The van der Waals surface area contributed by atoms with Gasteiger partial charge in [0.1, 0.15) is 12.4 Å². The fourth-order valence-electron chi connectivity index (χ4n) is 1.23. The molecule has 3 nitrogen and oxygen atoms in total. The van der Waals surface area contributed by atoms with E-state index < -0.39 is 0 Å². The number of carbonyl (C=O) groups excluding carboxylic acids is 1. The number of hydrogen-bond acceptors (Lipinski definition) is 3. The number of hydrogen-bond donors (Lipinski definition) is 0. The van der Waals surface area contributed by atoms with E-state index in [0.717, 1.165) is 5.75 Å². The summed E-state index contributed by atoms with van der Waals surface area (Å²) in [4.78, 5) is 11.2. The van der Waals surface area contributed by atoms with Crippen molar-refractivity contribution in [2.24, 2.45) is 0 Å². The third-order valence-electron chi connectivity index (χ3n) is 2.11. The Kier molecular flexibility index (Phi) is 6.56. The van der Waals surface area contributed by atoms with Gasteiger partial charge >= 0.3 is 5.97 Å². The lowest BCUT2D eigenvalue weighted by Gasteiger charge is -2.05. The maximum atomic E-state index is 11.2. The third-order valence-corrected chi connectivity index (χ3v) is 2.11. The first-order chi connectivity index (χ1) is 8.33. The minimum Gasteiger partial charge on any atom is -0.494 e. The van der Waals surface area contributed by atoms with Crippen LogP contribution in [0.2, 0.25) is 0 Å². The Morgan fingerprint density at radius 1 is 1.29 bits per heavy atom. The maximum absolute atomic E-state index is 11.2. The van der Waals surface area contributed by atoms with Crippen LogP contribution >= 0.6 is 0 Å². The normalized spacial score (nSPS) is 10.4. The predicted molar refractivity (Wildman–Crippen MR) is 66.9 cm³/mol. The fraction of sp³-hybridized carbons (Fsp3) is 0.357. The van der Waals surface area contributed by atoms with Crippen LogP contribution in [0.1, 0.15) is 19.8 Å². The molecule has 1 aromatic rings. The first-order valence-electron chi connectivity index (χ1n) is 5.77. The van der Waals surface area contributed by atoms with Gasteiger partial charge in [-0.15, -0.1) is 0 Å². The molecular weight excluding hydrogens is 216 g/mol. The molecule has 0 N–H and O–H groups in total. The van der Waals surface area contributed by atoms with Gasteiger partial charge in [-0.3, -0.25) is 4.79 Å². The van der Waals surface area contributed by atoms with Crippen molar-refractivity contribution in [3.63, 3.8) is 0 Å². The number of para-hydroxylation sites is 1. The topological polar surface area (TPSA) is 35.5 Å². The molecule has 0 bridgehead atoms. The number of allylic oxidation sites excluding steroid dienone is 1. The van der Waals surface area contributed by atoms with E-state index in [1.807, 2.05) is 43.3 Å². The van der Waals surface area contributed by atoms with E-state index >= 15 is 0 Å². The molecule has 1 aromatic carbocycles. The molecule has 0 aliphatic carbocycles. The molecule has 1 rings (SSSR count). The molecule has 0 atom stereocenters. The quantitative estimate of drug-likeness (QED) is 0.413. The summed E-state index contributed by atoms with van der Waals surface area (Å²) < 4.78 is 10.4. The van der Waals surface area contributed by atoms with E-state index in [1.165, 1.54) is 0 Å². The zero-order valence-electron chi connectivity index (χ0n) is 10.1. The van der Waals surface area contributed by atoms with Crippen molar-refractivity contribution in [1.29, 1.82) is 0 Å². The molecule has 0 spiro atoms. The summed E-state index contributed by atoms with van der Waals surface area (Å²) in [5, 5.41) is 0. The van der Waals surface area contributed by atoms with E-state index in [0.29, 0.717) is 26.1 Å². The molecule has 0 saturated carbocycles. The molecule has 0 unspecified atom stereocenters. The standard InChI is InChI=1S/C14H18O3/c1-2-3-11-17-14(15)10-7-12-16-13-8-5-4-6-9-13/h2-6,8-9H,7,10-12H2,1H3/b3-2+. The number of benzene rings is 1. The van der Waals surface area contributed by atoms with Gasteiger partial charge in [-0.2, -0.15) is 0 Å². The zero-order chi connectivity index (χ0) is 12.3. The van der Waals surface area contributed by atoms with Gasteiger partial charge in [0, 0.05) is 6.42 Å². The monoisotopic (exact) mass is 234 g/mol. The van der Waals surface area contributed by atoms with Crippen LogP contribution in [-0.2, 0) is 9.53 Å². The van der Waals surface area contributed by atoms with E-state index in [2.05, 4.69) is 0 Å². The third kappa shape index (κ3) is 6.40. The minimum absolute atomic E-state index is 0.181. The molecule has 0 saturated heterocycles. The SMILES string of the molecule is C/C=C/COC(=O)CCCOc1ccccc1. The average Bonchev–Trinajstić information content (AvgIpc) is 2.36. The number of ether oxygens (including phenoxy) is 2. The first-order valence-corrected chi connectivity index (χ1v) is 5.77. The largest absolute Gasteiger partial charge is 0.494 e.